The average Bonchev–Trinajstić information content (AvgIpc) is 2.35. The molecule has 0 heterocycles. The Hall–Kier alpha value is -0.740. The molecule has 0 aliphatic heterocycles. The van der Waals surface area contributed by atoms with Crippen LogP contribution in [0.25, 0.3) is 0 Å². The summed E-state index contributed by atoms with van der Waals surface area (Å²) in [5, 5.41) is 0. The fraction of sp³-hybridized carbons (Fsp3) is 0.875. The van der Waals surface area contributed by atoms with Crippen LogP contribution in [0, 0.1) is 11.8 Å². The lowest BCUT2D eigenvalue weighted by Crippen LogP contribution is -2.25. The van der Waals surface area contributed by atoms with Crippen molar-refractivity contribution in [2.75, 3.05) is 41.3 Å². The van der Waals surface area contributed by atoms with Gasteiger partial charge in [-0.15, -0.1) is 0 Å². The molecule has 20 heavy (non-hydrogen) atoms. The van der Waals surface area contributed by atoms with E-state index >= 15 is 0 Å². The van der Waals surface area contributed by atoms with E-state index in [-0.39, 0.29) is 11.8 Å². The van der Waals surface area contributed by atoms with Gasteiger partial charge in [-0.3, -0.25) is 9.59 Å². The lowest BCUT2D eigenvalue weighted by molar-refractivity contribution is -0.123. The van der Waals surface area contributed by atoms with Crippen LogP contribution in [0.2, 0.25) is 0 Å². The number of carbonyl (C=O) groups is 2. The number of nitrogens with zero attached hydrogens (tertiary/aromatic N) is 2. The van der Waals surface area contributed by atoms with Gasteiger partial charge in [0.1, 0.15) is 11.6 Å². The second-order valence-electron chi connectivity index (χ2n) is 5.97. The molecule has 0 spiro atoms. The summed E-state index contributed by atoms with van der Waals surface area (Å²) >= 11 is 0. The van der Waals surface area contributed by atoms with Crippen molar-refractivity contribution < 1.29 is 9.59 Å². The average molecular weight is 286 g/mol. The summed E-state index contributed by atoms with van der Waals surface area (Å²) in [6, 6.07) is 0. The fourth-order valence-electron chi connectivity index (χ4n) is 2.00. The zero-order chi connectivity index (χ0) is 16.3. The highest BCUT2D eigenvalue weighted by Gasteiger charge is 2.11. The SMILES string of the molecule is CCC(=O)[C@@H](C)CN(C)C.CCC(=O)[C@H](C)CN(C)C. The summed E-state index contributed by atoms with van der Waals surface area (Å²) in [6.45, 7) is 9.51. The molecule has 0 rings (SSSR count). The molecule has 0 aliphatic carbocycles. The van der Waals surface area contributed by atoms with Gasteiger partial charge >= 0.3 is 0 Å². The largest absolute Gasteiger partial charge is 0.309 e. The Bertz CT molecular complexity index is 248. The van der Waals surface area contributed by atoms with E-state index in [0.717, 1.165) is 13.1 Å². The maximum atomic E-state index is 11.0. The Kier molecular flexibility index (Phi) is 13.0. The molecule has 120 valence electrons. The van der Waals surface area contributed by atoms with Crippen molar-refractivity contribution in [3.8, 4) is 0 Å². The van der Waals surface area contributed by atoms with Gasteiger partial charge in [-0.25, -0.2) is 0 Å². The molecule has 0 radical (unpaired) electrons. The first-order chi connectivity index (χ1) is 9.15. The van der Waals surface area contributed by atoms with Crippen molar-refractivity contribution in [1.82, 2.24) is 9.80 Å². The van der Waals surface area contributed by atoms with Crippen LogP contribution in [0.1, 0.15) is 40.5 Å². The van der Waals surface area contributed by atoms with Crippen molar-refractivity contribution in [1.29, 1.82) is 0 Å². The van der Waals surface area contributed by atoms with E-state index < -0.39 is 0 Å². The van der Waals surface area contributed by atoms with Crippen LogP contribution in [0.3, 0.4) is 0 Å². The molecule has 0 aliphatic rings. The Morgan fingerprint density at radius 2 is 1.00 bits per heavy atom. The Balaban J connectivity index is 0. The maximum Gasteiger partial charge on any atom is 0.136 e. The summed E-state index contributed by atoms with van der Waals surface area (Å²) in [5.74, 6) is 1.10. The highest BCUT2D eigenvalue weighted by atomic mass is 16.1. The van der Waals surface area contributed by atoms with Crippen LogP contribution in [-0.4, -0.2) is 62.6 Å². The predicted octanol–water partition coefficient (Wildman–Crippen LogP) is 2.33. The first kappa shape index (κ1) is 21.6. The molecular weight excluding hydrogens is 252 g/mol. The molecule has 0 saturated carbocycles. The summed E-state index contributed by atoms with van der Waals surface area (Å²) in [4.78, 5) is 26.1. The van der Waals surface area contributed by atoms with Gasteiger partial charge in [-0.1, -0.05) is 27.7 Å². The van der Waals surface area contributed by atoms with Crippen molar-refractivity contribution in [3.63, 3.8) is 0 Å². The molecule has 4 heteroatoms. The highest BCUT2D eigenvalue weighted by Crippen LogP contribution is 2.01. The smallest absolute Gasteiger partial charge is 0.136 e. The molecule has 0 aromatic heterocycles. The number of hydrogen-bond acceptors (Lipinski definition) is 4. The van der Waals surface area contributed by atoms with Crippen molar-refractivity contribution in [3.05, 3.63) is 0 Å². The summed E-state index contributed by atoms with van der Waals surface area (Å²) in [6.07, 6.45) is 1.32. The zero-order valence-electron chi connectivity index (χ0n) is 14.7. The van der Waals surface area contributed by atoms with Crippen molar-refractivity contribution >= 4 is 11.6 Å². The molecule has 0 N–H and O–H groups in total. The van der Waals surface area contributed by atoms with Gasteiger partial charge in [0.05, 0.1) is 0 Å². The lowest BCUT2D eigenvalue weighted by Gasteiger charge is -2.14. The van der Waals surface area contributed by atoms with Gasteiger partial charge in [-0.05, 0) is 28.2 Å². The van der Waals surface area contributed by atoms with E-state index in [4.69, 9.17) is 0 Å². The standard InChI is InChI=1S/2C8H17NO/c2*1-5-8(10)7(2)6-9(3)4/h2*7H,5-6H2,1-4H3/t2*7-/m10/s1. The Labute approximate surface area is 125 Å². The van der Waals surface area contributed by atoms with Crippen molar-refractivity contribution in [2.24, 2.45) is 11.8 Å². The minimum atomic E-state index is 0.194. The van der Waals surface area contributed by atoms with E-state index in [0.29, 0.717) is 24.4 Å². The van der Waals surface area contributed by atoms with Gasteiger partial charge in [0.15, 0.2) is 0 Å². The van der Waals surface area contributed by atoms with Crippen LogP contribution in [-0.2, 0) is 9.59 Å². The molecule has 2 atom stereocenters. The van der Waals surface area contributed by atoms with Crippen LogP contribution in [0.4, 0.5) is 0 Å². The second-order valence-corrected chi connectivity index (χ2v) is 5.97. The minimum Gasteiger partial charge on any atom is -0.309 e. The van der Waals surface area contributed by atoms with E-state index in [1.807, 2.05) is 65.7 Å². The van der Waals surface area contributed by atoms with Gasteiger partial charge < -0.3 is 9.80 Å². The lowest BCUT2D eigenvalue weighted by atomic mass is 10.0. The molecule has 0 aromatic rings. The topological polar surface area (TPSA) is 40.6 Å². The fourth-order valence-corrected chi connectivity index (χ4v) is 2.00. The minimum absolute atomic E-state index is 0.194. The number of Topliss-reactive ketones (excluding diaryl/α,β-unsaturated/α-hetero) is 2. The number of rotatable bonds is 8. The number of carbonyl (C=O) groups excluding carboxylic acids is 2. The van der Waals surface area contributed by atoms with E-state index in [1.165, 1.54) is 0 Å². The third kappa shape index (κ3) is 12.3. The Morgan fingerprint density at radius 3 is 1.15 bits per heavy atom. The van der Waals surface area contributed by atoms with E-state index in [1.54, 1.807) is 0 Å². The van der Waals surface area contributed by atoms with E-state index in [9.17, 15) is 9.59 Å². The highest BCUT2D eigenvalue weighted by molar-refractivity contribution is 5.80. The first-order valence-corrected chi connectivity index (χ1v) is 7.50. The summed E-state index contributed by atoms with van der Waals surface area (Å²) < 4.78 is 0. The van der Waals surface area contributed by atoms with Crippen molar-refractivity contribution in [2.45, 2.75) is 40.5 Å². The van der Waals surface area contributed by atoms with Gasteiger partial charge in [0.2, 0.25) is 0 Å². The number of hydrogen-bond donors (Lipinski definition) is 0. The first-order valence-electron chi connectivity index (χ1n) is 7.50. The summed E-state index contributed by atoms with van der Waals surface area (Å²) in [5.41, 5.74) is 0. The van der Waals surface area contributed by atoms with Gasteiger partial charge in [0.25, 0.3) is 0 Å². The molecule has 0 saturated heterocycles. The third-order valence-corrected chi connectivity index (χ3v) is 3.07. The predicted molar refractivity (Wildman–Crippen MR) is 86.0 cm³/mol. The van der Waals surface area contributed by atoms with Crippen LogP contribution in [0.15, 0.2) is 0 Å². The zero-order valence-corrected chi connectivity index (χ0v) is 14.7. The van der Waals surface area contributed by atoms with Crippen LogP contribution < -0.4 is 0 Å². The number of ketones is 2. The summed E-state index contributed by atoms with van der Waals surface area (Å²) in [7, 11) is 7.94. The monoisotopic (exact) mass is 286 g/mol. The van der Waals surface area contributed by atoms with Gasteiger partial charge in [-0.2, -0.15) is 0 Å². The molecule has 0 aromatic carbocycles. The maximum absolute atomic E-state index is 11.0. The molecule has 0 bridgehead atoms. The molecule has 0 fully saturated rings. The molecular formula is C16H34N2O2. The van der Waals surface area contributed by atoms with Crippen LogP contribution >= 0.6 is 0 Å². The Morgan fingerprint density at radius 1 is 0.750 bits per heavy atom. The van der Waals surface area contributed by atoms with E-state index in [2.05, 4.69) is 0 Å². The molecule has 4 nitrogen and oxygen atoms in total. The normalized spacial score (nSPS) is 13.7. The quantitative estimate of drug-likeness (QED) is 0.686. The second kappa shape index (κ2) is 12.0. The molecule has 0 unspecified atom stereocenters. The molecule has 0 amide bonds. The third-order valence-electron chi connectivity index (χ3n) is 3.07. The van der Waals surface area contributed by atoms with Crippen LogP contribution in [0.5, 0.6) is 0 Å². The van der Waals surface area contributed by atoms with Gasteiger partial charge in [0, 0.05) is 37.8 Å².